The van der Waals surface area contributed by atoms with Crippen LogP contribution in [0, 0.1) is 13.8 Å². The van der Waals surface area contributed by atoms with Crippen molar-refractivity contribution in [2.75, 3.05) is 5.32 Å². The van der Waals surface area contributed by atoms with Crippen molar-refractivity contribution >= 4 is 27.5 Å². The first-order chi connectivity index (χ1) is 14.9. The number of aryl methyl sites for hydroxylation is 1. The van der Waals surface area contributed by atoms with Crippen LogP contribution in [0.1, 0.15) is 11.1 Å². The maximum atomic E-state index is 12.5. The second kappa shape index (κ2) is 8.69. The normalized spacial score (nSPS) is 10.8. The molecule has 0 aliphatic heterocycles. The van der Waals surface area contributed by atoms with E-state index in [2.05, 4.69) is 31.4 Å². The van der Waals surface area contributed by atoms with Gasteiger partial charge in [0, 0.05) is 28.0 Å². The fourth-order valence-corrected chi connectivity index (χ4v) is 3.50. The summed E-state index contributed by atoms with van der Waals surface area (Å²) in [5.74, 6) is 0.397. The van der Waals surface area contributed by atoms with Crippen LogP contribution in [-0.4, -0.2) is 20.6 Å². The van der Waals surface area contributed by atoms with Gasteiger partial charge in [0.25, 0.3) is 11.4 Å². The summed E-state index contributed by atoms with van der Waals surface area (Å²) < 4.78 is 7.60. The van der Waals surface area contributed by atoms with Gasteiger partial charge in [-0.15, -0.1) is 0 Å². The van der Waals surface area contributed by atoms with Gasteiger partial charge in [-0.25, -0.2) is 0 Å². The molecule has 0 atom stereocenters. The maximum Gasteiger partial charge on any atom is 0.259 e. The van der Waals surface area contributed by atoms with Gasteiger partial charge in [-0.05, 0) is 49.2 Å². The number of halogens is 1. The first-order valence-electron chi connectivity index (χ1n) is 9.57. The predicted molar refractivity (Wildman–Crippen MR) is 122 cm³/mol. The Morgan fingerprint density at radius 3 is 2.71 bits per heavy atom. The number of amides is 1. The molecule has 1 N–H and O–H groups in total. The lowest BCUT2D eigenvalue weighted by Crippen LogP contribution is -2.27. The monoisotopic (exact) mass is 478 g/mol. The lowest BCUT2D eigenvalue weighted by Gasteiger charge is -2.11. The second-order valence-corrected chi connectivity index (χ2v) is 8.03. The fourth-order valence-electron chi connectivity index (χ4n) is 3.10. The summed E-state index contributed by atoms with van der Waals surface area (Å²) >= 11 is 3.42. The minimum Gasteiger partial charge on any atom is -0.334 e. The van der Waals surface area contributed by atoms with E-state index in [-0.39, 0.29) is 23.9 Å². The number of nitrogens with one attached hydrogen (secondary N) is 1. The molecule has 0 saturated heterocycles. The minimum atomic E-state index is -0.299. The van der Waals surface area contributed by atoms with Crippen molar-refractivity contribution < 1.29 is 9.32 Å². The summed E-state index contributed by atoms with van der Waals surface area (Å²) in [7, 11) is 0. The number of hydrogen-bond donors (Lipinski definition) is 1. The third-order valence-corrected chi connectivity index (χ3v) is 5.43. The maximum absolute atomic E-state index is 12.5. The average Bonchev–Trinajstić information content (AvgIpc) is 3.23. The van der Waals surface area contributed by atoms with E-state index in [4.69, 9.17) is 4.52 Å². The Kier molecular flexibility index (Phi) is 5.81. The molecule has 0 fully saturated rings. The molecule has 0 saturated carbocycles. The van der Waals surface area contributed by atoms with Crippen molar-refractivity contribution in [3.63, 3.8) is 0 Å². The van der Waals surface area contributed by atoms with Crippen molar-refractivity contribution in [2.24, 2.45) is 0 Å². The zero-order valence-corrected chi connectivity index (χ0v) is 18.5. The van der Waals surface area contributed by atoms with Crippen LogP contribution < -0.4 is 10.9 Å². The molecule has 2 aromatic carbocycles. The molecule has 31 heavy (non-hydrogen) atoms. The first-order valence-corrected chi connectivity index (χ1v) is 10.4. The summed E-state index contributed by atoms with van der Waals surface area (Å²) in [6, 6.07) is 16.2. The van der Waals surface area contributed by atoms with Crippen LogP contribution in [0.3, 0.4) is 0 Å². The summed E-state index contributed by atoms with van der Waals surface area (Å²) in [5.41, 5.74) is 3.84. The minimum absolute atomic E-state index is 0.132. The van der Waals surface area contributed by atoms with Crippen molar-refractivity contribution in [1.82, 2.24) is 14.7 Å². The second-order valence-electron chi connectivity index (χ2n) is 7.11. The van der Waals surface area contributed by atoms with Gasteiger partial charge in [0.15, 0.2) is 0 Å². The van der Waals surface area contributed by atoms with Gasteiger partial charge in [-0.1, -0.05) is 45.4 Å². The quantitative estimate of drug-likeness (QED) is 0.453. The lowest BCUT2D eigenvalue weighted by atomic mass is 10.1. The highest BCUT2D eigenvalue weighted by Gasteiger charge is 2.14. The Bertz CT molecular complexity index is 1330. The molecule has 4 rings (SSSR count). The van der Waals surface area contributed by atoms with Gasteiger partial charge in [0.1, 0.15) is 6.54 Å². The topological polar surface area (TPSA) is 90.0 Å². The molecule has 0 unspecified atom stereocenters. The third-order valence-electron chi connectivity index (χ3n) is 4.93. The van der Waals surface area contributed by atoms with Crippen molar-refractivity contribution in [3.8, 4) is 22.8 Å². The number of benzene rings is 2. The Labute approximate surface area is 186 Å². The van der Waals surface area contributed by atoms with Gasteiger partial charge < -0.3 is 14.4 Å². The lowest BCUT2D eigenvalue weighted by molar-refractivity contribution is -0.116. The molecule has 4 aromatic rings. The molecule has 0 spiro atoms. The molecule has 0 aliphatic rings. The van der Waals surface area contributed by atoms with Crippen LogP contribution in [-0.2, 0) is 11.3 Å². The van der Waals surface area contributed by atoms with Crippen molar-refractivity contribution in [1.29, 1.82) is 0 Å². The van der Waals surface area contributed by atoms with E-state index >= 15 is 0 Å². The number of anilines is 1. The summed E-state index contributed by atoms with van der Waals surface area (Å²) in [6.07, 6.45) is 1.54. The van der Waals surface area contributed by atoms with Crippen LogP contribution in [0.25, 0.3) is 22.8 Å². The van der Waals surface area contributed by atoms with Gasteiger partial charge in [-0.3, -0.25) is 9.59 Å². The molecule has 0 aliphatic carbocycles. The largest absolute Gasteiger partial charge is 0.334 e. The molecule has 2 aromatic heterocycles. The van der Waals surface area contributed by atoms with E-state index < -0.39 is 0 Å². The van der Waals surface area contributed by atoms with E-state index in [1.165, 1.54) is 10.6 Å². The van der Waals surface area contributed by atoms with E-state index in [1.807, 2.05) is 56.3 Å². The van der Waals surface area contributed by atoms with Gasteiger partial charge in [0.05, 0.1) is 5.56 Å². The molecule has 0 radical (unpaired) electrons. The molecule has 2 heterocycles. The first kappa shape index (κ1) is 20.7. The van der Waals surface area contributed by atoms with Crippen LogP contribution in [0.5, 0.6) is 0 Å². The van der Waals surface area contributed by atoms with E-state index in [1.54, 1.807) is 12.3 Å². The SMILES string of the molecule is Cc1cccc(NC(=O)Cn2cc(-c3nc(-c4cccc(Br)c4)no3)ccc2=O)c1C. The average molecular weight is 479 g/mol. The predicted octanol–water partition coefficient (Wildman–Crippen LogP) is 4.58. The van der Waals surface area contributed by atoms with E-state index in [0.717, 1.165) is 26.9 Å². The number of aromatic nitrogens is 3. The summed E-state index contributed by atoms with van der Waals surface area (Å²) in [6.45, 7) is 3.79. The van der Waals surface area contributed by atoms with Crippen LogP contribution >= 0.6 is 15.9 Å². The number of pyridine rings is 1. The van der Waals surface area contributed by atoms with Crippen molar-refractivity contribution in [3.05, 3.63) is 86.7 Å². The highest BCUT2D eigenvalue weighted by molar-refractivity contribution is 9.10. The zero-order valence-electron chi connectivity index (χ0n) is 16.9. The van der Waals surface area contributed by atoms with Gasteiger partial charge >= 0.3 is 0 Å². The number of hydrogen-bond acceptors (Lipinski definition) is 5. The van der Waals surface area contributed by atoms with Crippen LogP contribution in [0.15, 0.2) is 74.6 Å². The molecular formula is C23H19BrN4O3. The smallest absolute Gasteiger partial charge is 0.259 e. The molecule has 156 valence electrons. The summed E-state index contributed by atoms with van der Waals surface area (Å²) in [4.78, 5) is 29.2. The van der Waals surface area contributed by atoms with E-state index in [9.17, 15) is 9.59 Å². The van der Waals surface area contributed by atoms with Gasteiger partial charge in [0.2, 0.25) is 11.7 Å². The fraction of sp³-hybridized carbons (Fsp3) is 0.130. The molecule has 7 nitrogen and oxygen atoms in total. The van der Waals surface area contributed by atoms with Crippen molar-refractivity contribution in [2.45, 2.75) is 20.4 Å². The third kappa shape index (κ3) is 4.64. The number of carbonyl (C=O) groups is 1. The Hall–Kier alpha value is -3.52. The van der Waals surface area contributed by atoms with Gasteiger partial charge in [-0.2, -0.15) is 4.98 Å². The van der Waals surface area contributed by atoms with Crippen LogP contribution in [0.2, 0.25) is 0 Å². The zero-order chi connectivity index (χ0) is 22.0. The molecule has 1 amide bonds. The highest BCUT2D eigenvalue weighted by atomic mass is 79.9. The Balaban J connectivity index is 1.56. The number of carbonyl (C=O) groups excluding carboxylic acids is 1. The standard InChI is InChI=1S/C23H19BrN4O3/c1-14-5-3-8-19(15(14)2)25-20(29)13-28-12-17(9-10-21(28)30)23-26-22(27-31-23)16-6-4-7-18(24)11-16/h3-12H,13H2,1-2H3,(H,25,29). The highest BCUT2D eigenvalue weighted by Crippen LogP contribution is 2.24. The number of nitrogens with zero attached hydrogens (tertiary/aromatic N) is 3. The molecule has 0 bridgehead atoms. The summed E-state index contributed by atoms with van der Waals surface area (Å²) in [5, 5.41) is 6.88. The Morgan fingerprint density at radius 2 is 1.90 bits per heavy atom. The molecule has 8 heteroatoms. The Morgan fingerprint density at radius 1 is 1.10 bits per heavy atom. The van der Waals surface area contributed by atoms with Crippen LogP contribution in [0.4, 0.5) is 5.69 Å². The van der Waals surface area contributed by atoms with E-state index in [0.29, 0.717) is 11.4 Å². The number of rotatable bonds is 5. The molecular weight excluding hydrogens is 460 g/mol.